The molecule has 0 radical (unpaired) electrons. The predicted molar refractivity (Wildman–Crippen MR) is 75.0 cm³/mol. The van der Waals surface area contributed by atoms with Crippen LogP contribution in [0.3, 0.4) is 0 Å². The molecule has 3 nitrogen and oxygen atoms in total. The molecule has 1 unspecified atom stereocenters. The van der Waals surface area contributed by atoms with Gasteiger partial charge in [-0.05, 0) is 63.7 Å². The molecule has 3 heteroatoms. The van der Waals surface area contributed by atoms with Crippen molar-refractivity contribution in [2.24, 2.45) is 0 Å². The Morgan fingerprint density at radius 2 is 2.11 bits per heavy atom. The van der Waals surface area contributed by atoms with E-state index in [0.29, 0.717) is 0 Å². The van der Waals surface area contributed by atoms with Crippen LogP contribution in [0.5, 0.6) is 5.75 Å². The third-order valence-corrected chi connectivity index (χ3v) is 3.71. The van der Waals surface area contributed by atoms with Crippen LogP contribution in [0, 0.1) is 0 Å². The van der Waals surface area contributed by atoms with E-state index in [2.05, 4.69) is 49.4 Å². The first kappa shape index (κ1) is 13.4. The van der Waals surface area contributed by atoms with E-state index in [9.17, 15) is 0 Å². The molecular formula is C15H24N2O. The summed E-state index contributed by atoms with van der Waals surface area (Å²) >= 11 is 0. The quantitative estimate of drug-likeness (QED) is 0.885. The molecule has 0 aromatic heterocycles. The minimum absolute atomic E-state index is 0.107. The molecular weight excluding hydrogens is 224 g/mol. The van der Waals surface area contributed by atoms with Crippen molar-refractivity contribution in [2.45, 2.75) is 31.8 Å². The average molecular weight is 248 g/mol. The maximum atomic E-state index is 5.44. The SMILES string of the molecule is COc1cc(CN(C)C)cc(C2(C)CCCN2)c1. The Kier molecular flexibility index (Phi) is 3.93. The molecule has 2 rings (SSSR count). The summed E-state index contributed by atoms with van der Waals surface area (Å²) in [6.45, 7) is 4.34. The molecule has 1 aliphatic rings. The van der Waals surface area contributed by atoms with Crippen molar-refractivity contribution in [1.82, 2.24) is 10.2 Å². The highest BCUT2D eigenvalue weighted by atomic mass is 16.5. The maximum Gasteiger partial charge on any atom is 0.119 e. The first-order valence-corrected chi connectivity index (χ1v) is 6.62. The molecule has 1 aliphatic heterocycles. The minimum atomic E-state index is 0.107. The van der Waals surface area contributed by atoms with E-state index < -0.39 is 0 Å². The maximum absolute atomic E-state index is 5.44. The zero-order valence-corrected chi connectivity index (χ0v) is 11.9. The lowest BCUT2D eigenvalue weighted by atomic mass is 9.89. The summed E-state index contributed by atoms with van der Waals surface area (Å²) in [6, 6.07) is 6.60. The molecule has 100 valence electrons. The fourth-order valence-electron chi connectivity index (χ4n) is 2.69. The Morgan fingerprint density at radius 3 is 2.67 bits per heavy atom. The number of rotatable bonds is 4. The van der Waals surface area contributed by atoms with Gasteiger partial charge < -0.3 is 15.0 Å². The lowest BCUT2D eigenvalue weighted by Crippen LogP contribution is -2.33. The third kappa shape index (κ3) is 2.85. The number of hydrogen-bond acceptors (Lipinski definition) is 3. The number of methoxy groups -OCH3 is 1. The van der Waals surface area contributed by atoms with Crippen LogP contribution < -0.4 is 10.1 Å². The molecule has 1 aromatic rings. The van der Waals surface area contributed by atoms with Crippen LogP contribution in [0.15, 0.2) is 18.2 Å². The number of nitrogens with zero attached hydrogens (tertiary/aromatic N) is 1. The van der Waals surface area contributed by atoms with Crippen molar-refractivity contribution in [3.8, 4) is 5.75 Å². The Bertz CT molecular complexity index is 409. The monoisotopic (exact) mass is 248 g/mol. The summed E-state index contributed by atoms with van der Waals surface area (Å²) in [6.07, 6.45) is 2.44. The molecule has 1 aromatic carbocycles. The highest BCUT2D eigenvalue weighted by Crippen LogP contribution is 2.33. The molecule has 1 heterocycles. The highest BCUT2D eigenvalue weighted by Gasteiger charge is 2.30. The van der Waals surface area contributed by atoms with Gasteiger partial charge in [0.2, 0.25) is 0 Å². The Hall–Kier alpha value is -1.06. The summed E-state index contributed by atoms with van der Waals surface area (Å²) in [5, 5.41) is 3.61. The van der Waals surface area contributed by atoms with Crippen LogP contribution in [0.4, 0.5) is 0 Å². The van der Waals surface area contributed by atoms with E-state index in [1.165, 1.54) is 24.0 Å². The van der Waals surface area contributed by atoms with Crippen LogP contribution in [0.25, 0.3) is 0 Å². The standard InChI is InChI=1S/C15H24N2O/c1-15(6-5-7-16-15)13-8-12(11-17(2)3)9-14(10-13)18-4/h8-10,16H,5-7,11H2,1-4H3. The molecule has 1 N–H and O–H groups in total. The van der Waals surface area contributed by atoms with Gasteiger partial charge in [0.05, 0.1) is 7.11 Å². The third-order valence-electron chi connectivity index (χ3n) is 3.71. The van der Waals surface area contributed by atoms with Gasteiger partial charge in [-0.2, -0.15) is 0 Å². The lowest BCUT2D eigenvalue weighted by Gasteiger charge is -2.26. The minimum Gasteiger partial charge on any atom is -0.497 e. The molecule has 0 saturated carbocycles. The van der Waals surface area contributed by atoms with Crippen molar-refractivity contribution in [2.75, 3.05) is 27.7 Å². The van der Waals surface area contributed by atoms with Crippen molar-refractivity contribution in [3.05, 3.63) is 29.3 Å². The van der Waals surface area contributed by atoms with Crippen molar-refractivity contribution < 1.29 is 4.74 Å². The van der Waals surface area contributed by atoms with Crippen LogP contribution in [-0.4, -0.2) is 32.6 Å². The Balaban J connectivity index is 2.34. The van der Waals surface area contributed by atoms with Gasteiger partial charge in [-0.25, -0.2) is 0 Å². The molecule has 1 saturated heterocycles. The molecule has 0 amide bonds. The van der Waals surface area contributed by atoms with E-state index >= 15 is 0 Å². The van der Waals surface area contributed by atoms with Gasteiger partial charge in [-0.3, -0.25) is 0 Å². The smallest absolute Gasteiger partial charge is 0.119 e. The number of hydrogen-bond donors (Lipinski definition) is 1. The van der Waals surface area contributed by atoms with Crippen molar-refractivity contribution in [3.63, 3.8) is 0 Å². The molecule has 0 spiro atoms. The molecule has 18 heavy (non-hydrogen) atoms. The van der Waals surface area contributed by atoms with Gasteiger partial charge in [-0.15, -0.1) is 0 Å². The van der Waals surface area contributed by atoms with E-state index in [-0.39, 0.29) is 5.54 Å². The average Bonchev–Trinajstić information content (AvgIpc) is 2.76. The highest BCUT2D eigenvalue weighted by molar-refractivity contribution is 5.38. The van der Waals surface area contributed by atoms with Crippen LogP contribution in [0.2, 0.25) is 0 Å². The molecule has 1 fully saturated rings. The van der Waals surface area contributed by atoms with Gasteiger partial charge in [-0.1, -0.05) is 6.07 Å². The summed E-state index contributed by atoms with van der Waals surface area (Å²) in [7, 11) is 5.92. The van der Waals surface area contributed by atoms with Gasteiger partial charge in [0, 0.05) is 12.1 Å². The molecule has 0 aliphatic carbocycles. The number of ether oxygens (including phenoxy) is 1. The zero-order chi connectivity index (χ0) is 13.2. The Labute approximate surface area is 110 Å². The predicted octanol–water partition coefficient (Wildman–Crippen LogP) is 2.36. The zero-order valence-electron chi connectivity index (χ0n) is 11.9. The molecule has 0 bridgehead atoms. The van der Waals surface area contributed by atoms with Crippen LogP contribution in [0.1, 0.15) is 30.9 Å². The number of nitrogens with one attached hydrogen (secondary N) is 1. The first-order chi connectivity index (χ1) is 8.53. The van der Waals surface area contributed by atoms with Gasteiger partial charge >= 0.3 is 0 Å². The number of benzene rings is 1. The summed E-state index contributed by atoms with van der Waals surface area (Å²) < 4.78 is 5.44. The fourth-order valence-corrected chi connectivity index (χ4v) is 2.69. The lowest BCUT2D eigenvalue weighted by molar-refractivity contribution is 0.388. The van der Waals surface area contributed by atoms with E-state index in [0.717, 1.165) is 18.8 Å². The van der Waals surface area contributed by atoms with Crippen LogP contribution in [-0.2, 0) is 12.1 Å². The van der Waals surface area contributed by atoms with E-state index in [4.69, 9.17) is 4.74 Å². The van der Waals surface area contributed by atoms with Crippen LogP contribution >= 0.6 is 0 Å². The second-order valence-electron chi connectivity index (χ2n) is 5.67. The van der Waals surface area contributed by atoms with Gasteiger partial charge in [0.1, 0.15) is 5.75 Å². The fraction of sp³-hybridized carbons (Fsp3) is 0.600. The molecule has 1 atom stereocenters. The normalized spacial score (nSPS) is 23.6. The van der Waals surface area contributed by atoms with Gasteiger partial charge in [0.15, 0.2) is 0 Å². The largest absolute Gasteiger partial charge is 0.497 e. The summed E-state index contributed by atoms with van der Waals surface area (Å²) in [4.78, 5) is 2.18. The second kappa shape index (κ2) is 5.29. The first-order valence-electron chi connectivity index (χ1n) is 6.62. The van der Waals surface area contributed by atoms with E-state index in [1.807, 2.05) is 0 Å². The van der Waals surface area contributed by atoms with Gasteiger partial charge in [0.25, 0.3) is 0 Å². The van der Waals surface area contributed by atoms with E-state index in [1.54, 1.807) is 7.11 Å². The van der Waals surface area contributed by atoms with Crippen molar-refractivity contribution >= 4 is 0 Å². The summed E-state index contributed by atoms with van der Waals surface area (Å²) in [5.41, 5.74) is 2.76. The topological polar surface area (TPSA) is 24.5 Å². The Morgan fingerprint density at radius 1 is 1.33 bits per heavy atom. The summed E-state index contributed by atoms with van der Waals surface area (Å²) in [5.74, 6) is 0.958. The van der Waals surface area contributed by atoms with Crippen molar-refractivity contribution in [1.29, 1.82) is 0 Å². The second-order valence-corrected chi connectivity index (χ2v) is 5.67.